The molecule has 3 aliphatic heterocycles. The highest BCUT2D eigenvalue weighted by atomic mass is 32.2. The molecule has 11 aromatic rings. The second kappa shape index (κ2) is 17.1. The summed E-state index contributed by atoms with van der Waals surface area (Å²) in [5.74, 6) is 1.96. The topological polar surface area (TPSA) is 41.9 Å². The first kappa shape index (κ1) is 41.9. The van der Waals surface area contributed by atoms with Gasteiger partial charge >= 0.3 is 0 Å². The Bertz CT molecular complexity index is 3690. The van der Waals surface area contributed by atoms with Crippen LogP contribution in [0.15, 0.2) is 268 Å². The summed E-state index contributed by atoms with van der Waals surface area (Å²) < 4.78 is 0. The first-order valence-corrected chi connectivity index (χ1v) is 27.7. The largest absolute Gasteiger partial charge is 0.311 e. The van der Waals surface area contributed by atoms with Crippen molar-refractivity contribution in [3.63, 3.8) is 0 Å². The van der Waals surface area contributed by atoms with Crippen LogP contribution in [0.3, 0.4) is 0 Å². The molecule has 0 N–H and O–H groups in total. The third-order valence-corrected chi connectivity index (χ3v) is 21.5. The standard InChI is InChI=1S/C63H41BN4S2Si/c1-5-19-43(20-6-1)61-65-62(44-21-7-2-8-22-44)67-63(66-61)45-35-33-42(34-36-45)46-37-38-51-55(39-46)70-57-41-47(40-56-60(57)64(51)50-27-13-16-30-54(50)69-56)68-52-28-14-17-31-58(52)71(48-23-9-3-10-24-48,49-25-11-4-12-26-49)59-32-18-15-29-53(59)68/h1-41H. The van der Waals surface area contributed by atoms with Crippen LogP contribution in [0.4, 0.5) is 17.1 Å². The van der Waals surface area contributed by atoms with Crippen molar-refractivity contribution in [2.24, 2.45) is 0 Å². The average molecular weight is 957 g/mol. The van der Waals surface area contributed by atoms with Gasteiger partial charge in [-0.1, -0.05) is 247 Å². The van der Waals surface area contributed by atoms with E-state index in [9.17, 15) is 0 Å². The minimum atomic E-state index is -2.75. The molecule has 332 valence electrons. The number of benzene rings is 10. The van der Waals surface area contributed by atoms with Crippen LogP contribution in [0.1, 0.15) is 0 Å². The molecule has 0 atom stereocenters. The first-order chi connectivity index (χ1) is 35.2. The summed E-state index contributed by atoms with van der Waals surface area (Å²) in [5, 5.41) is 5.57. The molecule has 1 aromatic heterocycles. The normalized spacial score (nSPS) is 13.6. The zero-order valence-corrected chi connectivity index (χ0v) is 41.0. The van der Waals surface area contributed by atoms with Crippen molar-refractivity contribution in [1.82, 2.24) is 15.0 Å². The molecule has 8 heteroatoms. The van der Waals surface area contributed by atoms with Crippen LogP contribution in [-0.2, 0) is 0 Å². The molecule has 0 saturated heterocycles. The smallest absolute Gasteiger partial charge is 0.247 e. The zero-order valence-electron chi connectivity index (χ0n) is 38.4. The van der Waals surface area contributed by atoms with Gasteiger partial charge < -0.3 is 4.90 Å². The monoisotopic (exact) mass is 956 g/mol. The number of para-hydroxylation sites is 2. The van der Waals surface area contributed by atoms with Gasteiger partial charge in [0.05, 0.1) is 0 Å². The first-order valence-electron chi connectivity index (χ1n) is 24.0. The summed E-state index contributed by atoms with van der Waals surface area (Å²) >= 11 is 3.82. The summed E-state index contributed by atoms with van der Waals surface area (Å²) in [6.07, 6.45) is 0. The second-order valence-electron chi connectivity index (χ2n) is 18.3. The number of fused-ring (bicyclic) bond motifs is 6. The number of hydrogen-bond donors (Lipinski definition) is 0. The Balaban J connectivity index is 0.880. The van der Waals surface area contributed by atoms with Crippen molar-refractivity contribution in [3.8, 4) is 45.3 Å². The lowest BCUT2D eigenvalue weighted by Gasteiger charge is -2.45. The van der Waals surface area contributed by atoms with E-state index in [-0.39, 0.29) is 6.71 Å². The molecule has 0 unspecified atom stereocenters. The van der Waals surface area contributed by atoms with E-state index in [1.807, 2.05) is 84.2 Å². The lowest BCUT2D eigenvalue weighted by atomic mass is 9.36. The van der Waals surface area contributed by atoms with Gasteiger partial charge in [0.2, 0.25) is 6.71 Å². The molecule has 0 saturated carbocycles. The summed E-state index contributed by atoms with van der Waals surface area (Å²) in [4.78, 5) is 22.7. The maximum absolute atomic E-state index is 5.00. The molecular weight excluding hydrogens is 916 g/mol. The highest BCUT2D eigenvalue weighted by Crippen LogP contribution is 2.46. The van der Waals surface area contributed by atoms with Gasteiger partial charge in [0, 0.05) is 53.3 Å². The molecule has 3 aliphatic rings. The van der Waals surface area contributed by atoms with Gasteiger partial charge in [0.15, 0.2) is 25.5 Å². The van der Waals surface area contributed by atoms with Gasteiger partial charge in [0.1, 0.15) is 0 Å². The van der Waals surface area contributed by atoms with Gasteiger partial charge in [-0.25, -0.2) is 15.0 Å². The molecule has 10 aromatic carbocycles. The summed E-state index contributed by atoms with van der Waals surface area (Å²) in [7, 11) is -2.75. The number of rotatable bonds is 7. The fourth-order valence-electron chi connectivity index (χ4n) is 11.2. The predicted molar refractivity (Wildman–Crippen MR) is 299 cm³/mol. The van der Waals surface area contributed by atoms with Crippen molar-refractivity contribution in [2.75, 3.05) is 4.90 Å². The molecule has 0 fully saturated rings. The maximum atomic E-state index is 5.00. The van der Waals surface area contributed by atoms with Crippen LogP contribution < -0.4 is 42.0 Å². The Kier molecular flexibility index (Phi) is 10.1. The summed E-state index contributed by atoms with van der Waals surface area (Å²) in [6.45, 7) is 0.123. The molecule has 0 spiro atoms. The highest BCUT2D eigenvalue weighted by molar-refractivity contribution is 8.01. The van der Waals surface area contributed by atoms with Gasteiger partial charge in [0.25, 0.3) is 0 Å². The van der Waals surface area contributed by atoms with Crippen molar-refractivity contribution >= 4 is 92.5 Å². The van der Waals surface area contributed by atoms with E-state index >= 15 is 0 Å². The fraction of sp³-hybridized carbons (Fsp3) is 0. The van der Waals surface area contributed by atoms with Gasteiger partial charge in [-0.15, -0.1) is 0 Å². The molecule has 0 radical (unpaired) electrons. The van der Waals surface area contributed by atoms with Gasteiger partial charge in [-0.3, -0.25) is 0 Å². The quantitative estimate of drug-likeness (QED) is 0.148. The van der Waals surface area contributed by atoms with E-state index in [2.05, 4.69) is 193 Å². The molecule has 0 bridgehead atoms. The van der Waals surface area contributed by atoms with Gasteiger partial charge in [-0.05, 0) is 73.7 Å². The van der Waals surface area contributed by atoms with Crippen LogP contribution in [-0.4, -0.2) is 29.7 Å². The van der Waals surface area contributed by atoms with Crippen molar-refractivity contribution in [2.45, 2.75) is 19.6 Å². The average Bonchev–Trinajstić information content (AvgIpc) is 3.45. The molecule has 14 rings (SSSR count). The van der Waals surface area contributed by atoms with Gasteiger partial charge in [-0.2, -0.15) is 0 Å². The summed E-state index contributed by atoms with van der Waals surface area (Å²) in [5.41, 5.74) is 13.0. The molecule has 4 nitrogen and oxygen atoms in total. The Morgan fingerprint density at radius 3 is 1.32 bits per heavy atom. The lowest BCUT2D eigenvalue weighted by Crippen LogP contribution is -2.77. The van der Waals surface area contributed by atoms with Crippen LogP contribution >= 0.6 is 23.5 Å². The number of aromatic nitrogens is 3. The maximum Gasteiger partial charge on any atom is 0.247 e. The molecule has 0 aliphatic carbocycles. The second-order valence-corrected chi connectivity index (χ2v) is 24.2. The third-order valence-electron chi connectivity index (χ3n) is 14.3. The Hall–Kier alpha value is -8.01. The van der Waals surface area contributed by atoms with E-state index in [0.29, 0.717) is 17.5 Å². The Morgan fingerprint density at radius 1 is 0.338 bits per heavy atom. The van der Waals surface area contributed by atoms with E-state index in [1.54, 1.807) is 0 Å². The van der Waals surface area contributed by atoms with Crippen molar-refractivity contribution in [1.29, 1.82) is 0 Å². The number of nitrogens with zero attached hydrogens (tertiary/aromatic N) is 4. The zero-order chi connectivity index (χ0) is 46.9. The van der Waals surface area contributed by atoms with Crippen LogP contribution in [0.25, 0.3) is 45.3 Å². The minimum Gasteiger partial charge on any atom is -0.311 e. The molecule has 71 heavy (non-hydrogen) atoms. The van der Waals surface area contributed by atoms with E-state index in [0.717, 1.165) is 22.3 Å². The minimum absolute atomic E-state index is 0.123. The number of anilines is 3. The van der Waals surface area contributed by atoms with Crippen molar-refractivity contribution < 1.29 is 0 Å². The van der Waals surface area contributed by atoms with E-state index < -0.39 is 8.07 Å². The molecular formula is C63H41BN4S2Si. The van der Waals surface area contributed by atoms with E-state index in [4.69, 9.17) is 15.0 Å². The Morgan fingerprint density at radius 2 is 0.761 bits per heavy atom. The van der Waals surface area contributed by atoms with Crippen molar-refractivity contribution in [3.05, 3.63) is 249 Å². The van der Waals surface area contributed by atoms with E-state index in [1.165, 1.54) is 79.3 Å². The fourth-order valence-corrected chi connectivity index (χ4v) is 18.8. The number of hydrogen-bond acceptors (Lipinski definition) is 6. The summed E-state index contributed by atoms with van der Waals surface area (Å²) in [6, 6.07) is 91.0. The predicted octanol–water partition coefficient (Wildman–Crippen LogP) is 11.1. The Labute approximate surface area is 423 Å². The highest BCUT2D eigenvalue weighted by Gasteiger charge is 2.49. The van der Waals surface area contributed by atoms with Crippen LogP contribution in [0.5, 0.6) is 0 Å². The molecule has 0 amide bonds. The van der Waals surface area contributed by atoms with Crippen LogP contribution in [0.2, 0.25) is 0 Å². The SMILES string of the molecule is c1ccc(-c2nc(-c3ccccc3)nc(-c3ccc(-c4ccc5c(c4)Sc4cc(N6c7ccccc7[Si](c7ccccc7)(c7ccccc7)c7ccccc76)cc6c4B5c4ccccc4S6)cc3)n2)cc1. The molecule has 4 heterocycles. The third kappa shape index (κ3) is 6.89. The van der Waals surface area contributed by atoms with Crippen LogP contribution in [0, 0.1) is 0 Å². The lowest BCUT2D eigenvalue weighted by molar-refractivity contribution is 1.07.